The van der Waals surface area contributed by atoms with Gasteiger partial charge < -0.3 is 5.73 Å². The quantitative estimate of drug-likeness (QED) is 0.782. The van der Waals surface area contributed by atoms with Crippen LogP contribution in [0.3, 0.4) is 0 Å². The number of nitrogens with zero attached hydrogens (tertiary/aromatic N) is 1. The largest absolute Gasteiger partial charge is 0.397 e. The number of nitrogens with two attached hydrogens (primary N) is 1. The number of benzene rings is 1. The summed E-state index contributed by atoms with van der Waals surface area (Å²) in [4.78, 5) is 0. The van der Waals surface area contributed by atoms with E-state index in [4.69, 9.17) is 22.6 Å². The highest BCUT2D eigenvalue weighted by molar-refractivity contribution is 7.92. The zero-order valence-electron chi connectivity index (χ0n) is 7.57. The molecule has 0 bridgehead atoms. The fourth-order valence-electron chi connectivity index (χ4n) is 0.905. The number of anilines is 2. The van der Waals surface area contributed by atoms with E-state index in [2.05, 4.69) is 4.72 Å². The van der Waals surface area contributed by atoms with Crippen LogP contribution in [-0.2, 0) is 10.0 Å². The fourth-order valence-corrected chi connectivity index (χ4v) is 1.83. The average Bonchev–Trinajstić information content (AvgIpc) is 2.10. The molecule has 0 aliphatic heterocycles. The second-order valence-corrected chi connectivity index (χ2v) is 4.91. The van der Waals surface area contributed by atoms with E-state index in [0.29, 0.717) is 5.02 Å². The van der Waals surface area contributed by atoms with Gasteiger partial charge in [-0.05, 0) is 18.2 Å². The molecule has 1 aromatic rings. The molecule has 0 heterocycles. The smallest absolute Gasteiger partial charge is 0.246 e. The van der Waals surface area contributed by atoms with Crippen molar-refractivity contribution >= 4 is 33.0 Å². The van der Waals surface area contributed by atoms with Crippen molar-refractivity contribution in [1.29, 1.82) is 5.26 Å². The number of nitrogens with one attached hydrogen (secondary N) is 1. The second-order valence-electron chi connectivity index (χ2n) is 2.75. The van der Waals surface area contributed by atoms with Crippen LogP contribution in [0.4, 0.5) is 11.4 Å². The summed E-state index contributed by atoms with van der Waals surface area (Å²) in [5.41, 5.74) is 5.95. The summed E-state index contributed by atoms with van der Waals surface area (Å²) >= 11 is 5.67. The average molecular weight is 246 g/mol. The molecule has 0 spiro atoms. The summed E-state index contributed by atoms with van der Waals surface area (Å²) in [6, 6.07) is 5.94. The molecule has 7 heteroatoms. The minimum Gasteiger partial charge on any atom is -0.397 e. The number of nitrogen functional groups attached to an aromatic ring is 1. The van der Waals surface area contributed by atoms with E-state index in [1.54, 1.807) is 6.07 Å². The molecule has 0 saturated carbocycles. The molecule has 0 aromatic heterocycles. The van der Waals surface area contributed by atoms with E-state index in [1.807, 2.05) is 0 Å². The van der Waals surface area contributed by atoms with Gasteiger partial charge in [-0.1, -0.05) is 11.6 Å². The summed E-state index contributed by atoms with van der Waals surface area (Å²) in [5.74, 6) is -0.626. The Hall–Kier alpha value is -1.45. The molecule has 0 aliphatic rings. The van der Waals surface area contributed by atoms with Crippen LogP contribution in [0.1, 0.15) is 0 Å². The highest BCUT2D eigenvalue weighted by Crippen LogP contribution is 2.23. The molecule has 3 N–H and O–H groups in total. The molecular formula is C8H8ClN3O2S. The third-order valence-electron chi connectivity index (χ3n) is 1.54. The summed E-state index contributed by atoms with van der Waals surface area (Å²) in [7, 11) is -3.67. The maximum Gasteiger partial charge on any atom is 0.246 e. The molecule has 0 amide bonds. The lowest BCUT2D eigenvalue weighted by Gasteiger charge is -2.08. The number of halogens is 1. The molecule has 0 aliphatic carbocycles. The Morgan fingerprint density at radius 3 is 2.80 bits per heavy atom. The monoisotopic (exact) mass is 245 g/mol. The van der Waals surface area contributed by atoms with Crippen molar-refractivity contribution < 1.29 is 8.42 Å². The van der Waals surface area contributed by atoms with Gasteiger partial charge in [0.25, 0.3) is 0 Å². The van der Waals surface area contributed by atoms with Crippen molar-refractivity contribution in [2.75, 3.05) is 16.2 Å². The van der Waals surface area contributed by atoms with Crippen molar-refractivity contribution in [3.63, 3.8) is 0 Å². The standard InChI is InChI=1S/C8H8ClN3O2S/c9-6-1-2-7(11)8(5-6)12-15(13,14)4-3-10/h1-2,5,12H,4,11H2. The predicted octanol–water partition coefficient (Wildman–Crippen LogP) is 1.19. The maximum atomic E-state index is 11.2. The number of sulfonamides is 1. The zero-order chi connectivity index (χ0) is 11.5. The van der Waals surface area contributed by atoms with E-state index in [0.717, 1.165) is 0 Å². The molecule has 0 saturated heterocycles. The van der Waals surface area contributed by atoms with Gasteiger partial charge in [0.1, 0.15) is 0 Å². The third kappa shape index (κ3) is 3.31. The summed E-state index contributed by atoms with van der Waals surface area (Å²) < 4.78 is 24.6. The molecule has 0 fully saturated rings. The maximum absolute atomic E-state index is 11.2. The Kier molecular flexibility index (Phi) is 3.39. The van der Waals surface area contributed by atoms with Gasteiger partial charge in [0.05, 0.1) is 17.4 Å². The molecule has 1 aromatic carbocycles. The van der Waals surface area contributed by atoms with Crippen LogP contribution in [0.2, 0.25) is 5.02 Å². The molecule has 1 rings (SSSR count). The normalized spacial score (nSPS) is 10.7. The van der Waals surface area contributed by atoms with Crippen molar-refractivity contribution in [2.45, 2.75) is 0 Å². The summed E-state index contributed by atoms with van der Waals surface area (Å²) in [6.45, 7) is 0. The Morgan fingerprint density at radius 1 is 1.53 bits per heavy atom. The Balaban J connectivity index is 3.00. The van der Waals surface area contributed by atoms with Gasteiger partial charge in [0.2, 0.25) is 10.0 Å². The Labute approximate surface area is 92.5 Å². The Bertz CT molecular complexity index is 507. The molecule has 0 radical (unpaired) electrons. The SMILES string of the molecule is N#CCS(=O)(=O)Nc1cc(Cl)ccc1N. The van der Waals surface area contributed by atoms with Crippen LogP contribution >= 0.6 is 11.6 Å². The highest BCUT2D eigenvalue weighted by atomic mass is 35.5. The van der Waals surface area contributed by atoms with Crippen molar-refractivity contribution in [3.8, 4) is 6.07 Å². The predicted molar refractivity (Wildman–Crippen MR) is 58.9 cm³/mol. The van der Waals surface area contributed by atoms with Crippen LogP contribution in [0.15, 0.2) is 18.2 Å². The van der Waals surface area contributed by atoms with Gasteiger partial charge in [0, 0.05) is 5.02 Å². The zero-order valence-corrected chi connectivity index (χ0v) is 9.14. The first-order valence-corrected chi connectivity index (χ1v) is 5.90. The highest BCUT2D eigenvalue weighted by Gasteiger charge is 2.11. The van der Waals surface area contributed by atoms with E-state index < -0.39 is 15.8 Å². The summed E-state index contributed by atoms with van der Waals surface area (Å²) in [5, 5.41) is 8.64. The number of hydrogen-bond acceptors (Lipinski definition) is 4. The van der Waals surface area contributed by atoms with Gasteiger partial charge in [0.15, 0.2) is 5.75 Å². The van der Waals surface area contributed by atoms with Crippen LogP contribution in [0.5, 0.6) is 0 Å². The molecular weight excluding hydrogens is 238 g/mol. The Morgan fingerprint density at radius 2 is 2.20 bits per heavy atom. The van der Waals surface area contributed by atoms with Crippen molar-refractivity contribution in [3.05, 3.63) is 23.2 Å². The minimum atomic E-state index is -3.67. The van der Waals surface area contributed by atoms with Crippen molar-refractivity contribution in [2.24, 2.45) is 0 Å². The number of hydrogen-bond donors (Lipinski definition) is 2. The number of nitriles is 1. The van der Waals surface area contributed by atoms with Gasteiger partial charge in [-0.2, -0.15) is 5.26 Å². The molecule has 5 nitrogen and oxygen atoms in total. The van der Waals surface area contributed by atoms with Crippen LogP contribution in [-0.4, -0.2) is 14.2 Å². The summed E-state index contributed by atoms with van der Waals surface area (Å²) in [6.07, 6.45) is 0. The molecule has 80 valence electrons. The van der Waals surface area contributed by atoms with Crippen LogP contribution in [0, 0.1) is 11.3 Å². The fraction of sp³-hybridized carbons (Fsp3) is 0.125. The van der Waals surface area contributed by atoms with E-state index in [9.17, 15) is 8.42 Å². The van der Waals surface area contributed by atoms with E-state index >= 15 is 0 Å². The third-order valence-corrected chi connectivity index (χ3v) is 2.81. The van der Waals surface area contributed by atoms with E-state index in [1.165, 1.54) is 18.2 Å². The van der Waals surface area contributed by atoms with Gasteiger partial charge >= 0.3 is 0 Å². The van der Waals surface area contributed by atoms with Gasteiger partial charge in [-0.3, -0.25) is 4.72 Å². The molecule has 15 heavy (non-hydrogen) atoms. The topological polar surface area (TPSA) is 96.0 Å². The van der Waals surface area contributed by atoms with Crippen molar-refractivity contribution in [1.82, 2.24) is 0 Å². The second kappa shape index (κ2) is 4.38. The number of rotatable bonds is 3. The first kappa shape index (κ1) is 11.6. The minimum absolute atomic E-state index is 0.178. The van der Waals surface area contributed by atoms with E-state index in [-0.39, 0.29) is 11.4 Å². The molecule has 0 unspecified atom stereocenters. The lowest BCUT2D eigenvalue weighted by Crippen LogP contribution is -2.16. The van der Waals surface area contributed by atoms with Crippen LogP contribution < -0.4 is 10.5 Å². The first-order valence-electron chi connectivity index (χ1n) is 3.87. The lowest BCUT2D eigenvalue weighted by molar-refractivity contribution is 0.604. The van der Waals surface area contributed by atoms with Crippen LogP contribution in [0.25, 0.3) is 0 Å². The van der Waals surface area contributed by atoms with Gasteiger partial charge in [-0.15, -0.1) is 0 Å². The lowest BCUT2D eigenvalue weighted by atomic mass is 10.3. The first-order chi connectivity index (χ1) is 6.94. The molecule has 0 atom stereocenters. The van der Waals surface area contributed by atoms with Gasteiger partial charge in [-0.25, -0.2) is 8.42 Å².